The second-order valence-corrected chi connectivity index (χ2v) is 3.10. The first-order valence-corrected chi connectivity index (χ1v) is 4.63. The van der Waals surface area contributed by atoms with Crippen molar-refractivity contribution in [2.75, 3.05) is 19.1 Å². The van der Waals surface area contributed by atoms with Crippen molar-refractivity contribution in [3.8, 4) is 17.2 Å². The van der Waals surface area contributed by atoms with Gasteiger partial charge in [0.05, 0.1) is 6.61 Å². The van der Waals surface area contributed by atoms with Gasteiger partial charge in [-0.1, -0.05) is 6.92 Å². The fourth-order valence-electron chi connectivity index (χ4n) is 1.32. The minimum atomic E-state index is 0.237. The molecular weight excluding hydrogens is 182 g/mol. The van der Waals surface area contributed by atoms with Gasteiger partial charge < -0.3 is 19.9 Å². The minimum Gasteiger partial charge on any atom is -0.489 e. The van der Waals surface area contributed by atoms with Gasteiger partial charge >= 0.3 is 0 Å². The van der Waals surface area contributed by atoms with Gasteiger partial charge in [-0.05, 0) is 6.42 Å². The third-order valence-corrected chi connectivity index (χ3v) is 1.92. The van der Waals surface area contributed by atoms with E-state index in [0.717, 1.165) is 6.42 Å². The van der Waals surface area contributed by atoms with Crippen LogP contribution in [0.3, 0.4) is 0 Å². The third kappa shape index (κ3) is 1.55. The highest BCUT2D eigenvalue weighted by atomic mass is 16.7. The molecule has 1 aromatic carbocycles. The average molecular weight is 195 g/mol. The number of ether oxygens (including phenoxy) is 3. The lowest BCUT2D eigenvalue weighted by atomic mass is 10.2. The number of nitrogens with two attached hydrogens (primary N) is 1. The molecule has 0 unspecified atom stereocenters. The topological polar surface area (TPSA) is 53.7 Å². The maximum atomic E-state index is 5.69. The third-order valence-electron chi connectivity index (χ3n) is 1.92. The molecule has 1 aromatic rings. The standard InChI is InChI=1S/C10H13NO3/c1-2-3-12-8-4-7(11)5-9-10(8)14-6-13-9/h4-5H,2-3,6,11H2,1H3. The molecule has 0 saturated carbocycles. The number of anilines is 1. The van der Waals surface area contributed by atoms with Crippen molar-refractivity contribution in [2.24, 2.45) is 0 Å². The van der Waals surface area contributed by atoms with Gasteiger partial charge in [-0.2, -0.15) is 0 Å². The number of rotatable bonds is 3. The summed E-state index contributed by atoms with van der Waals surface area (Å²) in [5.41, 5.74) is 6.31. The first-order chi connectivity index (χ1) is 6.81. The number of fused-ring (bicyclic) bond motifs is 1. The van der Waals surface area contributed by atoms with Crippen LogP contribution in [0.4, 0.5) is 5.69 Å². The molecule has 2 N–H and O–H groups in total. The molecular formula is C10H13NO3. The van der Waals surface area contributed by atoms with Crippen LogP contribution in [-0.4, -0.2) is 13.4 Å². The van der Waals surface area contributed by atoms with E-state index in [0.29, 0.717) is 29.5 Å². The molecule has 2 rings (SSSR count). The minimum absolute atomic E-state index is 0.237. The second kappa shape index (κ2) is 3.65. The molecule has 14 heavy (non-hydrogen) atoms. The molecule has 0 bridgehead atoms. The van der Waals surface area contributed by atoms with Gasteiger partial charge in [-0.25, -0.2) is 0 Å². The summed E-state index contributed by atoms with van der Waals surface area (Å²) in [4.78, 5) is 0. The van der Waals surface area contributed by atoms with Gasteiger partial charge in [-0.3, -0.25) is 0 Å². The molecule has 1 aliphatic rings. The highest BCUT2D eigenvalue weighted by Gasteiger charge is 2.19. The predicted molar refractivity (Wildman–Crippen MR) is 52.8 cm³/mol. The van der Waals surface area contributed by atoms with Crippen molar-refractivity contribution in [3.05, 3.63) is 12.1 Å². The molecule has 4 nitrogen and oxygen atoms in total. The van der Waals surface area contributed by atoms with Crippen molar-refractivity contribution in [1.82, 2.24) is 0 Å². The summed E-state index contributed by atoms with van der Waals surface area (Å²) in [5.74, 6) is 1.99. The van der Waals surface area contributed by atoms with Crippen LogP contribution in [0.5, 0.6) is 17.2 Å². The van der Waals surface area contributed by atoms with Gasteiger partial charge in [0.2, 0.25) is 12.5 Å². The summed E-state index contributed by atoms with van der Waals surface area (Å²) < 4.78 is 16.0. The highest BCUT2D eigenvalue weighted by Crippen LogP contribution is 2.42. The number of nitrogen functional groups attached to an aromatic ring is 1. The summed E-state index contributed by atoms with van der Waals surface area (Å²) in [6.07, 6.45) is 0.949. The lowest BCUT2D eigenvalue weighted by Crippen LogP contribution is -1.98. The molecule has 4 heteroatoms. The molecule has 0 aliphatic carbocycles. The van der Waals surface area contributed by atoms with Crippen LogP contribution in [0, 0.1) is 0 Å². The van der Waals surface area contributed by atoms with Gasteiger partial charge in [0.15, 0.2) is 11.5 Å². The number of benzene rings is 1. The van der Waals surface area contributed by atoms with Crippen molar-refractivity contribution in [1.29, 1.82) is 0 Å². The molecule has 0 amide bonds. The first-order valence-electron chi connectivity index (χ1n) is 4.63. The van der Waals surface area contributed by atoms with Crippen LogP contribution in [0.15, 0.2) is 12.1 Å². The van der Waals surface area contributed by atoms with Crippen LogP contribution in [-0.2, 0) is 0 Å². The van der Waals surface area contributed by atoms with Crippen molar-refractivity contribution < 1.29 is 14.2 Å². The van der Waals surface area contributed by atoms with Crippen LogP contribution in [0.25, 0.3) is 0 Å². The average Bonchev–Trinajstić information content (AvgIpc) is 2.61. The molecule has 0 aromatic heterocycles. The second-order valence-electron chi connectivity index (χ2n) is 3.10. The SMILES string of the molecule is CCCOc1cc(N)cc2c1OCO2. The fraction of sp³-hybridized carbons (Fsp3) is 0.400. The quantitative estimate of drug-likeness (QED) is 0.747. The number of hydrogen-bond acceptors (Lipinski definition) is 4. The molecule has 76 valence electrons. The van der Waals surface area contributed by atoms with Crippen LogP contribution >= 0.6 is 0 Å². The zero-order valence-corrected chi connectivity index (χ0v) is 8.08. The Labute approximate surface area is 82.6 Å². The fourth-order valence-corrected chi connectivity index (χ4v) is 1.32. The maximum Gasteiger partial charge on any atom is 0.231 e. The van der Waals surface area contributed by atoms with Crippen LogP contribution in [0.2, 0.25) is 0 Å². The van der Waals surface area contributed by atoms with Crippen LogP contribution < -0.4 is 19.9 Å². The lowest BCUT2D eigenvalue weighted by molar-refractivity contribution is 0.169. The zero-order chi connectivity index (χ0) is 9.97. The van der Waals surface area contributed by atoms with Gasteiger partial charge in [0.1, 0.15) is 0 Å². The molecule has 1 aliphatic heterocycles. The van der Waals surface area contributed by atoms with E-state index in [1.54, 1.807) is 12.1 Å². The monoisotopic (exact) mass is 195 g/mol. The molecule has 0 spiro atoms. The molecule has 0 fully saturated rings. The van der Waals surface area contributed by atoms with E-state index in [9.17, 15) is 0 Å². The summed E-state index contributed by atoms with van der Waals surface area (Å²) in [6.45, 7) is 2.93. The maximum absolute atomic E-state index is 5.69. The van der Waals surface area contributed by atoms with Crippen LogP contribution in [0.1, 0.15) is 13.3 Å². The van der Waals surface area contributed by atoms with E-state index in [-0.39, 0.29) is 6.79 Å². The normalized spacial score (nSPS) is 12.9. The van der Waals surface area contributed by atoms with E-state index in [1.807, 2.05) is 6.92 Å². The smallest absolute Gasteiger partial charge is 0.231 e. The Bertz CT molecular complexity index is 338. The Morgan fingerprint density at radius 3 is 3.07 bits per heavy atom. The van der Waals surface area contributed by atoms with E-state index >= 15 is 0 Å². The van der Waals surface area contributed by atoms with Gasteiger partial charge in [-0.15, -0.1) is 0 Å². The van der Waals surface area contributed by atoms with Crippen molar-refractivity contribution >= 4 is 5.69 Å². The molecule has 0 saturated heterocycles. The Hall–Kier alpha value is -1.58. The Morgan fingerprint density at radius 2 is 2.29 bits per heavy atom. The Balaban J connectivity index is 2.29. The predicted octanol–water partition coefficient (Wildman–Crippen LogP) is 1.79. The molecule has 1 heterocycles. The first kappa shape index (κ1) is 8.99. The van der Waals surface area contributed by atoms with Crippen molar-refractivity contribution in [3.63, 3.8) is 0 Å². The highest BCUT2D eigenvalue weighted by molar-refractivity contribution is 5.61. The summed E-state index contributed by atoms with van der Waals surface area (Å²) in [6, 6.07) is 3.49. The largest absolute Gasteiger partial charge is 0.489 e. The lowest BCUT2D eigenvalue weighted by Gasteiger charge is -2.08. The van der Waals surface area contributed by atoms with Gasteiger partial charge in [0, 0.05) is 17.8 Å². The van der Waals surface area contributed by atoms with Crippen molar-refractivity contribution in [2.45, 2.75) is 13.3 Å². The van der Waals surface area contributed by atoms with E-state index in [4.69, 9.17) is 19.9 Å². The summed E-state index contributed by atoms with van der Waals surface area (Å²) in [5, 5.41) is 0. The summed E-state index contributed by atoms with van der Waals surface area (Å²) >= 11 is 0. The van der Waals surface area contributed by atoms with E-state index < -0.39 is 0 Å². The van der Waals surface area contributed by atoms with E-state index in [1.165, 1.54) is 0 Å². The van der Waals surface area contributed by atoms with E-state index in [2.05, 4.69) is 0 Å². The number of hydrogen-bond donors (Lipinski definition) is 1. The van der Waals surface area contributed by atoms with Gasteiger partial charge in [0.25, 0.3) is 0 Å². The Morgan fingerprint density at radius 1 is 1.43 bits per heavy atom. The zero-order valence-electron chi connectivity index (χ0n) is 8.08. The molecule has 0 radical (unpaired) electrons. The Kier molecular flexibility index (Phi) is 2.35. The molecule has 0 atom stereocenters. The summed E-state index contributed by atoms with van der Waals surface area (Å²) in [7, 11) is 0.